The summed E-state index contributed by atoms with van der Waals surface area (Å²) < 4.78 is 36.9. The van der Waals surface area contributed by atoms with Gasteiger partial charge in [-0.25, -0.2) is 9.98 Å². The second kappa shape index (κ2) is 4.20. The van der Waals surface area contributed by atoms with Crippen molar-refractivity contribution in [3.8, 4) is 0 Å². The first-order chi connectivity index (χ1) is 6.99. The molecule has 0 saturated heterocycles. The van der Waals surface area contributed by atoms with E-state index < -0.39 is 11.9 Å². The van der Waals surface area contributed by atoms with Crippen molar-refractivity contribution in [3.63, 3.8) is 0 Å². The monoisotopic (exact) mass is 215 g/mol. The Bertz CT molecular complexity index is 396. The molecule has 0 atom stereocenters. The number of hydrogen-bond donors (Lipinski definition) is 0. The van der Waals surface area contributed by atoms with E-state index in [9.17, 15) is 13.2 Å². The smallest absolute Gasteiger partial charge is 0.268 e. The van der Waals surface area contributed by atoms with E-state index in [0.29, 0.717) is 0 Å². The molecule has 0 aliphatic rings. The molecule has 1 aromatic rings. The highest BCUT2D eigenvalue weighted by molar-refractivity contribution is 5.99. The SMILES string of the molecule is C=NC(=NC)c1cccc(C(F)(F)F)n1. The minimum absolute atomic E-state index is 0.0577. The third-order valence-electron chi connectivity index (χ3n) is 1.63. The number of rotatable bonds is 1. The highest BCUT2D eigenvalue weighted by Gasteiger charge is 2.32. The van der Waals surface area contributed by atoms with Crippen molar-refractivity contribution < 1.29 is 13.2 Å². The van der Waals surface area contributed by atoms with Crippen LogP contribution >= 0.6 is 0 Å². The molecular weight excluding hydrogens is 207 g/mol. The first-order valence-electron chi connectivity index (χ1n) is 3.97. The third kappa shape index (κ3) is 2.61. The molecule has 0 radical (unpaired) electrons. The van der Waals surface area contributed by atoms with Crippen LogP contribution in [0.1, 0.15) is 11.4 Å². The molecule has 3 nitrogen and oxygen atoms in total. The lowest BCUT2D eigenvalue weighted by Crippen LogP contribution is -2.11. The number of aromatic nitrogens is 1. The van der Waals surface area contributed by atoms with Gasteiger partial charge in [-0.15, -0.1) is 0 Å². The summed E-state index contributed by atoms with van der Waals surface area (Å²) >= 11 is 0. The molecule has 1 heterocycles. The van der Waals surface area contributed by atoms with Crippen molar-refractivity contribution in [2.45, 2.75) is 6.18 Å². The van der Waals surface area contributed by atoms with Crippen LogP contribution in [0.25, 0.3) is 0 Å². The minimum Gasteiger partial charge on any atom is -0.268 e. The molecule has 0 aliphatic heterocycles. The Morgan fingerprint density at radius 1 is 1.40 bits per heavy atom. The van der Waals surface area contributed by atoms with Crippen LogP contribution in [0.5, 0.6) is 0 Å². The van der Waals surface area contributed by atoms with E-state index in [0.717, 1.165) is 6.07 Å². The summed E-state index contributed by atoms with van der Waals surface area (Å²) in [6.45, 7) is 3.20. The van der Waals surface area contributed by atoms with Gasteiger partial charge in [-0.1, -0.05) is 6.07 Å². The maximum Gasteiger partial charge on any atom is 0.433 e. The number of aliphatic imine (C=N–C) groups is 2. The third-order valence-corrected chi connectivity index (χ3v) is 1.63. The number of hydrogen-bond acceptors (Lipinski definition) is 2. The van der Waals surface area contributed by atoms with Gasteiger partial charge in [0.2, 0.25) is 0 Å². The highest BCUT2D eigenvalue weighted by atomic mass is 19.4. The van der Waals surface area contributed by atoms with Crippen LogP contribution in [0.2, 0.25) is 0 Å². The van der Waals surface area contributed by atoms with Gasteiger partial charge < -0.3 is 0 Å². The predicted octanol–water partition coefficient (Wildman–Crippen LogP) is 2.18. The number of alkyl halides is 3. The van der Waals surface area contributed by atoms with E-state index >= 15 is 0 Å². The largest absolute Gasteiger partial charge is 0.433 e. The minimum atomic E-state index is -4.46. The Hall–Kier alpha value is -1.72. The number of amidine groups is 1. The molecule has 0 amide bonds. The lowest BCUT2D eigenvalue weighted by Gasteiger charge is -2.06. The lowest BCUT2D eigenvalue weighted by molar-refractivity contribution is -0.141. The van der Waals surface area contributed by atoms with Crippen molar-refractivity contribution in [2.24, 2.45) is 9.98 Å². The van der Waals surface area contributed by atoms with E-state index in [2.05, 4.69) is 21.7 Å². The zero-order valence-corrected chi connectivity index (χ0v) is 7.91. The van der Waals surface area contributed by atoms with Crippen molar-refractivity contribution in [2.75, 3.05) is 7.05 Å². The van der Waals surface area contributed by atoms with Crippen LogP contribution in [-0.4, -0.2) is 24.6 Å². The molecule has 15 heavy (non-hydrogen) atoms. The molecule has 0 unspecified atom stereocenters. The molecule has 1 rings (SSSR count). The summed E-state index contributed by atoms with van der Waals surface area (Å²) in [4.78, 5) is 10.5. The van der Waals surface area contributed by atoms with Gasteiger partial charge in [0.1, 0.15) is 11.4 Å². The Balaban J connectivity index is 3.19. The van der Waals surface area contributed by atoms with E-state index in [1.807, 2.05) is 0 Å². The maximum atomic E-state index is 12.3. The van der Waals surface area contributed by atoms with E-state index in [1.165, 1.54) is 19.2 Å². The van der Waals surface area contributed by atoms with Gasteiger partial charge in [-0.3, -0.25) is 4.99 Å². The van der Waals surface area contributed by atoms with Gasteiger partial charge in [0.15, 0.2) is 5.84 Å². The summed E-state index contributed by atoms with van der Waals surface area (Å²) in [6.07, 6.45) is -4.46. The molecule has 80 valence electrons. The Kier molecular flexibility index (Phi) is 3.18. The average molecular weight is 215 g/mol. The normalized spacial score (nSPS) is 12.7. The number of pyridine rings is 1. The Morgan fingerprint density at radius 2 is 2.07 bits per heavy atom. The zero-order valence-electron chi connectivity index (χ0n) is 7.91. The van der Waals surface area contributed by atoms with E-state index in [-0.39, 0.29) is 11.5 Å². The van der Waals surface area contributed by atoms with Crippen LogP contribution in [0.15, 0.2) is 28.2 Å². The van der Waals surface area contributed by atoms with Crippen molar-refractivity contribution >= 4 is 12.6 Å². The molecule has 0 aliphatic carbocycles. The van der Waals surface area contributed by atoms with Crippen molar-refractivity contribution in [3.05, 3.63) is 29.6 Å². The molecule has 0 bridgehead atoms. The summed E-state index contributed by atoms with van der Waals surface area (Å²) in [5.41, 5.74) is -0.910. The molecule has 0 aromatic carbocycles. The molecule has 0 saturated carbocycles. The van der Waals surface area contributed by atoms with Crippen molar-refractivity contribution in [1.29, 1.82) is 0 Å². The fourth-order valence-electron chi connectivity index (χ4n) is 0.983. The summed E-state index contributed by atoms with van der Waals surface area (Å²) in [6, 6.07) is 3.54. The van der Waals surface area contributed by atoms with Crippen molar-refractivity contribution in [1.82, 2.24) is 4.98 Å². The van der Waals surface area contributed by atoms with Crippen LogP contribution in [0.3, 0.4) is 0 Å². The fraction of sp³-hybridized carbons (Fsp3) is 0.222. The second-order valence-corrected chi connectivity index (χ2v) is 2.61. The van der Waals surface area contributed by atoms with E-state index in [4.69, 9.17) is 0 Å². The van der Waals surface area contributed by atoms with Gasteiger partial charge in [0.05, 0.1) is 0 Å². The summed E-state index contributed by atoms with van der Waals surface area (Å²) in [5, 5.41) is 0. The van der Waals surface area contributed by atoms with Gasteiger partial charge in [-0.2, -0.15) is 13.2 Å². The van der Waals surface area contributed by atoms with Crippen LogP contribution in [0, 0.1) is 0 Å². The molecule has 0 N–H and O–H groups in total. The maximum absolute atomic E-state index is 12.3. The Labute approximate surface area is 84.4 Å². The van der Waals surface area contributed by atoms with Crippen LogP contribution < -0.4 is 0 Å². The summed E-state index contributed by atoms with van der Waals surface area (Å²) in [5.74, 6) is 0.0844. The van der Waals surface area contributed by atoms with Gasteiger partial charge >= 0.3 is 6.18 Å². The number of halogens is 3. The van der Waals surface area contributed by atoms with Crippen LogP contribution in [-0.2, 0) is 6.18 Å². The zero-order chi connectivity index (χ0) is 11.5. The van der Waals surface area contributed by atoms with Gasteiger partial charge in [0, 0.05) is 7.05 Å². The quantitative estimate of drug-likeness (QED) is 0.522. The Morgan fingerprint density at radius 3 is 2.53 bits per heavy atom. The highest BCUT2D eigenvalue weighted by Crippen LogP contribution is 2.27. The summed E-state index contributed by atoms with van der Waals surface area (Å²) in [7, 11) is 1.41. The van der Waals surface area contributed by atoms with Gasteiger partial charge in [-0.05, 0) is 18.9 Å². The average Bonchev–Trinajstić information content (AvgIpc) is 2.19. The van der Waals surface area contributed by atoms with E-state index in [1.54, 1.807) is 0 Å². The molecular formula is C9H8F3N3. The first kappa shape index (κ1) is 11.4. The molecule has 0 fully saturated rings. The molecule has 0 spiro atoms. The first-order valence-corrected chi connectivity index (χ1v) is 3.97. The molecule has 6 heteroatoms. The van der Waals surface area contributed by atoms with Crippen LogP contribution in [0.4, 0.5) is 13.2 Å². The standard InChI is InChI=1S/C9H8F3N3/c1-13-8(14-2)6-4-3-5-7(15-6)9(10,11)12/h3-5H,1H2,2H3. The van der Waals surface area contributed by atoms with Gasteiger partial charge in [0.25, 0.3) is 0 Å². The predicted molar refractivity (Wildman–Crippen MR) is 51.2 cm³/mol. The number of nitrogens with zero attached hydrogens (tertiary/aromatic N) is 3. The fourth-order valence-corrected chi connectivity index (χ4v) is 0.983. The topological polar surface area (TPSA) is 37.6 Å². The second-order valence-electron chi connectivity index (χ2n) is 2.61. The lowest BCUT2D eigenvalue weighted by atomic mass is 10.3. The molecule has 1 aromatic heterocycles.